The van der Waals surface area contributed by atoms with E-state index in [0.29, 0.717) is 13.0 Å². The number of ether oxygens (including phenoxy) is 1. The summed E-state index contributed by atoms with van der Waals surface area (Å²) in [6.07, 6.45) is -1.54. The van der Waals surface area contributed by atoms with Crippen LogP contribution in [0.25, 0.3) is 0 Å². The van der Waals surface area contributed by atoms with Crippen LogP contribution >= 0.6 is 11.3 Å². The molecule has 1 atom stereocenters. The summed E-state index contributed by atoms with van der Waals surface area (Å²) >= 11 is 1.45. The predicted molar refractivity (Wildman–Crippen MR) is 65.1 cm³/mol. The van der Waals surface area contributed by atoms with Gasteiger partial charge in [0.05, 0.1) is 11.6 Å². The predicted octanol–water partition coefficient (Wildman–Crippen LogP) is 2.58. The topological polar surface area (TPSA) is 34.1 Å². The maximum absolute atomic E-state index is 12.7. The van der Waals surface area contributed by atoms with Crippen molar-refractivity contribution in [1.29, 1.82) is 0 Å². The van der Waals surface area contributed by atoms with Crippen molar-refractivity contribution in [2.24, 2.45) is 0 Å². The lowest BCUT2D eigenvalue weighted by molar-refractivity contribution is -0.167. The molecule has 19 heavy (non-hydrogen) atoms. The van der Waals surface area contributed by atoms with Crippen molar-refractivity contribution >= 4 is 11.3 Å². The normalized spacial score (nSPS) is 14.0. The van der Waals surface area contributed by atoms with E-state index in [1.54, 1.807) is 6.20 Å². The van der Waals surface area contributed by atoms with E-state index in [4.69, 9.17) is 4.74 Å². The van der Waals surface area contributed by atoms with Crippen LogP contribution in [0.2, 0.25) is 0 Å². The Hall–Kier alpha value is -0.730. The number of halogens is 4. The fourth-order valence-electron chi connectivity index (χ4n) is 1.44. The highest BCUT2D eigenvalue weighted by molar-refractivity contribution is 7.09. The van der Waals surface area contributed by atoms with Crippen LogP contribution in [-0.2, 0) is 11.2 Å². The zero-order chi connectivity index (χ0) is 14.3. The first kappa shape index (κ1) is 16.3. The Morgan fingerprint density at radius 3 is 2.74 bits per heavy atom. The smallest absolute Gasteiger partial charge is 0.330 e. The molecule has 0 spiro atoms. The van der Waals surface area contributed by atoms with Crippen LogP contribution in [0.4, 0.5) is 17.6 Å². The van der Waals surface area contributed by atoms with E-state index < -0.39 is 19.0 Å². The van der Waals surface area contributed by atoms with E-state index in [2.05, 4.69) is 10.3 Å². The van der Waals surface area contributed by atoms with Crippen LogP contribution < -0.4 is 5.32 Å². The molecule has 0 bridgehead atoms. The number of hydrogen-bond acceptors (Lipinski definition) is 4. The fraction of sp³-hybridized carbons (Fsp3) is 0.727. The lowest BCUT2D eigenvalue weighted by atomic mass is 10.2. The van der Waals surface area contributed by atoms with Crippen molar-refractivity contribution in [1.82, 2.24) is 10.3 Å². The molecular weight excluding hydrogens is 284 g/mol. The second kappa shape index (κ2) is 7.76. The molecule has 8 heteroatoms. The molecular formula is C11H16F4N2OS. The Balaban J connectivity index is 2.37. The highest BCUT2D eigenvalue weighted by Gasteiger charge is 2.41. The van der Waals surface area contributed by atoms with Crippen LogP contribution in [0.5, 0.6) is 0 Å². The highest BCUT2D eigenvalue weighted by atomic mass is 32.1. The van der Waals surface area contributed by atoms with Gasteiger partial charge in [-0.3, -0.25) is 0 Å². The van der Waals surface area contributed by atoms with Crippen molar-refractivity contribution in [2.75, 3.05) is 19.8 Å². The zero-order valence-electron chi connectivity index (χ0n) is 10.4. The second-order valence-corrected chi connectivity index (χ2v) is 4.94. The molecule has 0 fully saturated rings. The van der Waals surface area contributed by atoms with Crippen molar-refractivity contribution < 1.29 is 22.3 Å². The van der Waals surface area contributed by atoms with E-state index >= 15 is 0 Å². The maximum Gasteiger partial charge on any atom is 0.330 e. The van der Waals surface area contributed by atoms with Gasteiger partial charge < -0.3 is 10.1 Å². The van der Waals surface area contributed by atoms with Gasteiger partial charge in [0.25, 0.3) is 0 Å². The van der Waals surface area contributed by atoms with Gasteiger partial charge in [-0.1, -0.05) is 6.92 Å². The molecule has 0 radical (unpaired) electrons. The average Bonchev–Trinajstić information content (AvgIpc) is 2.81. The molecule has 0 aromatic carbocycles. The molecule has 1 N–H and O–H groups in total. The summed E-state index contributed by atoms with van der Waals surface area (Å²) in [4.78, 5) is 4.08. The van der Waals surface area contributed by atoms with Crippen molar-refractivity contribution in [2.45, 2.75) is 31.7 Å². The first-order chi connectivity index (χ1) is 8.95. The minimum atomic E-state index is -4.10. The minimum Gasteiger partial charge on any atom is -0.373 e. The summed E-state index contributed by atoms with van der Waals surface area (Å²) in [7, 11) is 0. The van der Waals surface area contributed by atoms with Crippen LogP contribution in [0.3, 0.4) is 0 Å². The summed E-state index contributed by atoms with van der Waals surface area (Å²) in [6.45, 7) is 1.16. The summed E-state index contributed by atoms with van der Waals surface area (Å²) in [6, 6.07) is -0.218. The van der Waals surface area contributed by atoms with E-state index in [1.807, 2.05) is 12.3 Å². The number of aromatic nitrogens is 1. The van der Waals surface area contributed by atoms with Gasteiger partial charge in [0.2, 0.25) is 0 Å². The van der Waals surface area contributed by atoms with Crippen LogP contribution in [0.15, 0.2) is 11.6 Å². The largest absolute Gasteiger partial charge is 0.373 e. The molecule has 1 heterocycles. The summed E-state index contributed by atoms with van der Waals surface area (Å²) < 4.78 is 53.9. The Bertz CT molecular complexity index is 348. The molecule has 1 aromatic heterocycles. The van der Waals surface area contributed by atoms with Crippen molar-refractivity contribution in [3.63, 3.8) is 0 Å². The summed E-state index contributed by atoms with van der Waals surface area (Å²) in [5.74, 6) is -4.10. The molecule has 1 unspecified atom stereocenters. The van der Waals surface area contributed by atoms with Crippen molar-refractivity contribution in [3.8, 4) is 0 Å². The molecule has 3 nitrogen and oxygen atoms in total. The van der Waals surface area contributed by atoms with Gasteiger partial charge in [-0.15, -0.1) is 11.3 Å². The Morgan fingerprint density at radius 1 is 1.47 bits per heavy atom. The number of likely N-dealkylation sites (N-methyl/N-ethyl adjacent to an activating group) is 1. The first-order valence-corrected chi connectivity index (χ1v) is 6.69. The van der Waals surface area contributed by atoms with Crippen LogP contribution in [0, 0.1) is 0 Å². The first-order valence-electron chi connectivity index (χ1n) is 5.81. The Labute approximate surface area is 113 Å². The molecule has 0 saturated carbocycles. The molecule has 0 aliphatic carbocycles. The zero-order valence-corrected chi connectivity index (χ0v) is 11.2. The molecule has 0 aliphatic heterocycles. The summed E-state index contributed by atoms with van der Waals surface area (Å²) in [5.41, 5.74) is 0. The molecule has 0 aliphatic rings. The third-order valence-corrected chi connectivity index (χ3v) is 3.13. The number of rotatable bonds is 9. The second-order valence-electron chi connectivity index (χ2n) is 3.96. The number of nitrogens with one attached hydrogen (secondary N) is 1. The van der Waals surface area contributed by atoms with Gasteiger partial charge in [0.15, 0.2) is 0 Å². The standard InChI is InChI=1S/C11H16F4N2OS/c1-2-16-8(5-9-17-3-4-19-9)6-18-7-11(14,15)10(12)13/h3-4,8,10,16H,2,5-7H2,1H3. The van der Waals surface area contributed by atoms with E-state index in [-0.39, 0.29) is 12.6 Å². The Morgan fingerprint density at radius 2 is 2.21 bits per heavy atom. The average molecular weight is 300 g/mol. The SMILES string of the molecule is CCNC(COCC(F)(F)C(F)F)Cc1nccs1. The molecule has 1 rings (SSSR count). The monoisotopic (exact) mass is 300 g/mol. The highest BCUT2D eigenvalue weighted by Crippen LogP contribution is 2.22. The van der Waals surface area contributed by atoms with E-state index in [0.717, 1.165) is 5.01 Å². The summed E-state index contributed by atoms with van der Waals surface area (Å²) in [5, 5.41) is 5.70. The molecule has 0 saturated heterocycles. The molecule has 110 valence electrons. The van der Waals surface area contributed by atoms with Gasteiger partial charge in [-0.05, 0) is 6.54 Å². The van der Waals surface area contributed by atoms with E-state index in [1.165, 1.54) is 11.3 Å². The number of nitrogens with zero attached hydrogens (tertiary/aromatic N) is 1. The van der Waals surface area contributed by atoms with Gasteiger partial charge >= 0.3 is 12.3 Å². The fourth-order valence-corrected chi connectivity index (χ4v) is 2.14. The minimum absolute atomic E-state index is 0.0598. The molecule has 0 amide bonds. The third kappa shape index (κ3) is 5.84. The maximum atomic E-state index is 12.7. The van der Waals surface area contributed by atoms with Crippen LogP contribution in [-0.4, -0.2) is 43.1 Å². The number of thiazole rings is 1. The quantitative estimate of drug-likeness (QED) is 0.712. The third-order valence-electron chi connectivity index (χ3n) is 2.33. The van der Waals surface area contributed by atoms with Gasteiger partial charge in [0.1, 0.15) is 6.61 Å². The Kier molecular flexibility index (Phi) is 6.67. The van der Waals surface area contributed by atoms with Crippen LogP contribution in [0.1, 0.15) is 11.9 Å². The van der Waals surface area contributed by atoms with Crippen molar-refractivity contribution in [3.05, 3.63) is 16.6 Å². The van der Waals surface area contributed by atoms with Gasteiger partial charge in [-0.25, -0.2) is 13.8 Å². The molecule has 1 aromatic rings. The van der Waals surface area contributed by atoms with E-state index in [9.17, 15) is 17.6 Å². The van der Waals surface area contributed by atoms with Gasteiger partial charge in [0, 0.05) is 24.0 Å². The lowest BCUT2D eigenvalue weighted by Gasteiger charge is -2.20. The number of hydrogen-bond donors (Lipinski definition) is 1. The van der Waals surface area contributed by atoms with Gasteiger partial charge in [-0.2, -0.15) is 8.78 Å². The number of alkyl halides is 4. The lowest BCUT2D eigenvalue weighted by Crippen LogP contribution is -2.38.